The van der Waals surface area contributed by atoms with Crippen LogP contribution in [-0.2, 0) is 21.6 Å². The summed E-state index contributed by atoms with van der Waals surface area (Å²) in [6.45, 7) is 1.04. The van der Waals surface area contributed by atoms with Gasteiger partial charge in [0.05, 0.1) is 12.6 Å². The van der Waals surface area contributed by atoms with E-state index in [-0.39, 0.29) is 36.8 Å². The van der Waals surface area contributed by atoms with Crippen molar-refractivity contribution in [3.05, 3.63) is 11.7 Å². The van der Waals surface area contributed by atoms with E-state index in [0.717, 1.165) is 44.9 Å². The largest absolute Gasteiger partial charge is 0.364 e. The third-order valence-corrected chi connectivity index (χ3v) is 5.33. The molecule has 2 heterocycles. The minimum Gasteiger partial charge on any atom is -0.364 e. The maximum absolute atomic E-state index is 12.9. The van der Waals surface area contributed by atoms with Gasteiger partial charge in [-0.05, 0) is 39.8 Å². The fraction of sp³-hybridized carbons (Fsp3) is 0.833. The van der Waals surface area contributed by atoms with Crippen LogP contribution in [0.25, 0.3) is 0 Å². The van der Waals surface area contributed by atoms with Crippen LogP contribution in [0.15, 0.2) is 4.52 Å². The monoisotopic (exact) mass is 437 g/mol. The highest BCUT2D eigenvalue weighted by atomic mass is 35.5. The van der Waals surface area contributed by atoms with Crippen molar-refractivity contribution < 1.29 is 14.1 Å². The Morgan fingerprint density at radius 1 is 1.21 bits per heavy atom. The molecular formula is C18H33Cl2N5O3. The standard InChI is InChI=1S/C18H31N5O3.2ClH/c1-23(2)12-15-20-17(22-26-15)18(9-5-3-4-6-10-18)21-16(24)14-8-7-13(11-19)25-14;;/h13-14H,3-12,19H2,1-2H3,(H,21,24);2*1H/t13-,14+;;/m1../s1. The lowest BCUT2D eigenvalue weighted by Crippen LogP contribution is -2.50. The van der Waals surface area contributed by atoms with Crippen molar-refractivity contribution in [2.45, 2.75) is 75.7 Å². The summed E-state index contributed by atoms with van der Waals surface area (Å²) < 4.78 is 11.2. The van der Waals surface area contributed by atoms with Crippen molar-refractivity contribution >= 4 is 30.7 Å². The number of hydrogen-bond donors (Lipinski definition) is 2. The lowest BCUT2D eigenvalue weighted by Gasteiger charge is -2.31. The molecule has 3 N–H and O–H groups in total. The molecule has 162 valence electrons. The molecule has 1 saturated carbocycles. The van der Waals surface area contributed by atoms with Gasteiger partial charge in [0.2, 0.25) is 11.8 Å². The first kappa shape index (κ1) is 25.1. The van der Waals surface area contributed by atoms with Crippen LogP contribution in [0, 0.1) is 0 Å². The normalized spacial score (nSPS) is 24.1. The fourth-order valence-electron chi connectivity index (χ4n) is 3.91. The summed E-state index contributed by atoms with van der Waals surface area (Å²) in [4.78, 5) is 19.5. The Labute approximate surface area is 179 Å². The molecule has 1 aromatic heterocycles. The van der Waals surface area contributed by atoms with Crippen molar-refractivity contribution in [3.63, 3.8) is 0 Å². The lowest BCUT2D eigenvalue weighted by atomic mass is 9.88. The summed E-state index contributed by atoms with van der Waals surface area (Å²) in [6, 6.07) is 0. The minimum absolute atomic E-state index is 0. The van der Waals surface area contributed by atoms with E-state index in [9.17, 15) is 4.79 Å². The molecule has 2 aliphatic rings. The second-order valence-electron chi connectivity index (χ2n) is 7.79. The first-order valence-electron chi connectivity index (χ1n) is 9.68. The molecule has 1 amide bonds. The zero-order valence-electron chi connectivity index (χ0n) is 16.7. The van der Waals surface area contributed by atoms with Crippen LogP contribution in [0.1, 0.15) is 63.1 Å². The lowest BCUT2D eigenvalue weighted by molar-refractivity contribution is -0.134. The smallest absolute Gasteiger partial charge is 0.249 e. The third-order valence-electron chi connectivity index (χ3n) is 5.33. The van der Waals surface area contributed by atoms with Crippen LogP contribution in [-0.4, -0.2) is 53.8 Å². The third kappa shape index (κ3) is 6.03. The van der Waals surface area contributed by atoms with Crippen LogP contribution in [0.5, 0.6) is 0 Å². The molecule has 0 radical (unpaired) electrons. The second kappa shape index (κ2) is 11.3. The minimum atomic E-state index is -0.564. The SMILES string of the molecule is CN(C)Cc1nc(C2(NC(=O)[C@@H]3CC[C@H](CN)O3)CCCCCC2)no1.Cl.Cl. The van der Waals surface area contributed by atoms with E-state index in [0.29, 0.717) is 31.2 Å². The van der Waals surface area contributed by atoms with Crippen molar-refractivity contribution in [3.8, 4) is 0 Å². The zero-order chi connectivity index (χ0) is 18.6. The Balaban J connectivity index is 0.00000196. The van der Waals surface area contributed by atoms with E-state index in [1.165, 1.54) is 0 Å². The quantitative estimate of drug-likeness (QED) is 0.656. The number of carbonyl (C=O) groups excluding carboxylic acids is 1. The van der Waals surface area contributed by atoms with Crippen molar-refractivity contribution in [1.82, 2.24) is 20.4 Å². The summed E-state index contributed by atoms with van der Waals surface area (Å²) >= 11 is 0. The Bertz CT molecular complexity index is 606. The Morgan fingerprint density at radius 2 is 1.89 bits per heavy atom. The molecule has 3 rings (SSSR count). The number of hydrogen-bond acceptors (Lipinski definition) is 7. The zero-order valence-corrected chi connectivity index (χ0v) is 18.3. The predicted octanol–water partition coefficient (Wildman–Crippen LogP) is 2.15. The molecule has 0 aromatic carbocycles. The van der Waals surface area contributed by atoms with Gasteiger partial charge in [0.25, 0.3) is 0 Å². The topological polar surface area (TPSA) is 107 Å². The Morgan fingerprint density at radius 3 is 2.46 bits per heavy atom. The highest BCUT2D eigenvalue weighted by Gasteiger charge is 2.41. The maximum atomic E-state index is 12.9. The second-order valence-corrected chi connectivity index (χ2v) is 7.79. The van der Waals surface area contributed by atoms with Gasteiger partial charge in [0.15, 0.2) is 5.82 Å². The van der Waals surface area contributed by atoms with Gasteiger partial charge in [-0.1, -0.05) is 30.8 Å². The van der Waals surface area contributed by atoms with E-state index in [1.54, 1.807) is 0 Å². The van der Waals surface area contributed by atoms with Gasteiger partial charge >= 0.3 is 0 Å². The molecule has 1 aliphatic heterocycles. The summed E-state index contributed by atoms with van der Waals surface area (Å²) in [5.74, 6) is 1.09. The molecule has 28 heavy (non-hydrogen) atoms. The number of halogens is 2. The highest BCUT2D eigenvalue weighted by Crippen LogP contribution is 2.35. The summed E-state index contributed by atoms with van der Waals surface area (Å²) in [5.41, 5.74) is 5.10. The average Bonchev–Trinajstić information content (AvgIpc) is 3.21. The molecule has 0 spiro atoms. The van der Waals surface area contributed by atoms with Gasteiger partial charge in [-0.2, -0.15) is 4.98 Å². The number of nitrogens with two attached hydrogens (primary N) is 1. The molecule has 1 aromatic rings. The van der Waals surface area contributed by atoms with Crippen LogP contribution in [0.4, 0.5) is 0 Å². The molecular weight excluding hydrogens is 405 g/mol. The van der Waals surface area contributed by atoms with Crippen LogP contribution in [0.2, 0.25) is 0 Å². The van der Waals surface area contributed by atoms with Crippen molar-refractivity contribution in [2.24, 2.45) is 5.73 Å². The molecule has 1 saturated heterocycles. The molecule has 2 atom stereocenters. The molecule has 0 bridgehead atoms. The van der Waals surface area contributed by atoms with E-state index < -0.39 is 11.6 Å². The van der Waals surface area contributed by atoms with Gasteiger partial charge in [-0.3, -0.25) is 4.79 Å². The summed E-state index contributed by atoms with van der Waals surface area (Å²) in [7, 11) is 3.91. The number of rotatable bonds is 6. The number of nitrogens with zero attached hydrogens (tertiary/aromatic N) is 3. The van der Waals surface area contributed by atoms with Crippen LogP contribution < -0.4 is 11.1 Å². The van der Waals surface area contributed by atoms with Crippen LogP contribution in [0.3, 0.4) is 0 Å². The molecule has 0 unspecified atom stereocenters. The first-order valence-corrected chi connectivity index (χ1v) is 9.68. The van der Waals surface area contributed by atoms with Crippen LogP contribution >= 0.6 is 24.8 Å². The van der Waals surface area contributed by atoms with E-state index in [1.807, 2.05) is 19.0 Å². The summed E-state index contributed by atoms with van der Waals surface area (Å²) in [5, 5.41) is 7.47. The van der Waals surface area contributed by atoms with E-state index >= 15 is 0 Å². The van der Waals surface area contributed by atoms with E-state index in [4.69, 9.17) is 15.0 Å². The maximum Gasteiger partial charge on any atom is 0.249 e. The Hall–Kier alpha value is -0.930. The average molecular weight is 438 g/mol. The van der Waals surface area contributed by atoms with Gasteiger partial charge in [0.1, 0.15) is 11.6 Å². The van der Waals surface area contributed by atoms with Gasteiger partial charge in [0, 0.05) is 6.54 Å². The molecule has 8 nitrogen and oxygen atoms in total. The fourth-order valence-corrected chi connectivity index (χ4v) is 3.91. The summed E-state index contributed by atoms with van der Waals surface area (Å²) in [6.07, 6.45) is 7.14. The van der Waals surface area contributed by atoms with Gasteiger partial charge in [-0.15, -0.1) is 24.8 Å². The predicted molar refractivity (Wildman–Crippen MR) is 111 cm³/mol. The van der Waals surface area contributed by atoms with Crippen molar-refractivity contribution in [1.29, 1.82) is 0 Å². The number of nitrogens with one attached hydrogen (secondary N) is 1. The van der Waals surface area contributed by atoms with E-state index in [2.05, 4.69) is 15.5 Å². The highest BCUT2D eigenvalue weighted by molar-refractivity contribution is 5.85. The van der Waals surface area contributed by atoms with Crippen molar-refractivity contribution in [2.75, 3.05) is 20.6 Å². The number of carbonyl (C=O) groups is 1. The first-order chi connectivity index (χ1) is 12.5. The number of aromatic nitrogens is 2. The Kier molecular flexibility index (Phi) is 10.1. The molecule has 1 aliphatic carbocycles. The molecule has 10 heteroatoms. The van der Waals surface area contributed by atoms with Gasteiger partial charge in [-0.25, -0.2) is 0 Å². The molecule has 2 fully saturated rings. The van der Waals surface area contributed by atoms with Gasteiger partial charge < -0.3 is 25.2 Å². The number of amides is 1. The number of ether oxygens (including phenoxy) is 1.